The fourth-order valence-electron chi connectivity index (χ4n) is 2.79. The van der Waals surface area contributed by atoms with E-state index in [1.807, 2.05) is 54.8 Å². The number of aromatic nitrogens is 1. The second kappa shape index (κ2) is 7.46. The molecule has 0 aliphatic rings. The molecule has 136 valence electrons. The molecule has 27 heavy (non-hydrogen) atoms. The van der Waals surface area contributed by atoms with Crippen LogP contribution in [0.25, 0.3) is 22.2 Å². The molecular formula is C20H14BrClN2O2S. The molecule has 1 N–H and O–H groups in total. The van der Waals surface area contributed by atoms with Crippen molar-refractivity contribution >= 4 is 55.7 Å². The highest BCUT2D eigenvalue weighted by Gasteiger charge is 2.18. The van der Waals surface area contributed by atoms with Crippen molar-refractivity contribution in [3.05, 3.63) is 73.7 Å². The number of carbonyl (C=O) groups excluding carboxylic acids is 1. The highest BCUT2D eigenvalue weighted by Crippen LogP contribution is 2.28. The molecular weight excluding hydrogens is 448 g/mol. The number of furan rings is 1. The molecule has 0 fully saturated rings. The number of nitrogens with zero attached hydrogens (tertiary/aromatic N) is 1. The molecule has 0 saturated heterocycles. The van der Waals surface area contributed by atoms with E-state index in [2.05, 4.69) is 26.2 Å². The number of carbonyl (C=O) groups is 1. The van der Waals surface area contributed by atoms with Gasteiger partial charge in [0.05, 0.1) is 12.2 Å². The van der Waals surface area contributed by atoms with Crippen LogP contribution in [0.5, 0.6) is 0 Å². The maximum absolute atomic E-state index is 12.6. The number of halogens is 2. The van der Waals surface area contributed by atoms with Crippen LogP contribution in [-0.4, -0.2) is 10.9 Å². The van der Waals surface area contributed by atoms with E-state index >= 15 is 0 Å². The first-order chi connectivity index (χ1) is 13.0. The van der Waals surface area contributed by atoms with Crippen molar-refractivity contribution in [3.8, 4) is 11.3 Å². The highest BCUT2D eigenvalue weighted by atomic mass is 79.9. The zero-order valence-corrected chi connectivity index (χ0v) is 17.4. The predicted octanol–water partition coefficient (Wildman–Crippen LogP) is 6.21. The number of fused-ring (bicyclic) bond motifs is 1. The maximum atomic E-state index is 12.6. The van der Waals surface area contributed by atoms with E-state index < -0.39 is 0 Å². The summed E-state index contributed by atoms with van der Waals surface area (Å²) in [4.78, 5) is 17.1. The van der Waals surface area contributed by atoms with E-state index in [-0.39, 0.29) is 5.91 Å². The highest BCUT2D eigenvalue weighted by molar-refractivity contribution is 9.10. The number of rotatable bonds is 4. The number of hydrogen-bond donors (Lipinski definition) is 1. The number of aryl methyl sites for hydroxylation is 1. The lowest BCUT2D eigenvalue weighted by atomic mass is 10.1. The number of hydrogen-bond acceptors (Lipinski definition) is 4. The molecule has 0 aliphatic carbocycles. The zero-order chi connectivity index (χ0) is 19.0. The van der Waals surface area contributed by atoms with Gasteiger partial charge in [-0.1, -0.05) is 39.7 Å². The lowest BCUT2D eigenvalue weighted by Crippen LogP contribution is -2.22. The normalized spacial score (nSPS) is 11.1. The monoisotopic (exact) mass is 460 g/mol. The summed E-state index contributed by atoms with van der Waals surface area (Å²) in [5.41, 5.74) is 3.38. The van der Waals surface area contributed by atoms with Gasteiger partial charge in [-0.25, -0.2) is 4.98 Å². The third kappa shape index (κ3) is 3.78. The Labute approximate surface area is 173 Å². The standard InChI is InChI=1S/C20H14BrClN2O2S/c1-11-15-8-13(21)4-7-17(15)26-19(11)20(25)23-9-18-24-16(10-27-18)12-2-5-14(22)6-3-12/h2-8,10H,9H2,1H3,(H,23,25). The topological polar surface area (TPSA) is 55.1 Å². The van der Waals surface area contributed by atoms with Gasteiger partial charge in [-0.05, 0) is 37.3 Å². The first-order valence-corrected chi connectivity index (χ1v) is 10.2. The van der Waals surface area contributed by atoms with Crippen LogP contribution in [0.3, 0.4) is 0 Å². The van der Waals surface area contributed by atoms with Gasteiger partial charge in [0.1, 0.15) is 10.6 Å². The van der Waals surface area contributed by atoms with Crippen molar-refractivity contribution < 1.29 is 9.21 Å². The number of thiazole rings is 1. The van der Waals surface area contributed by atoms with Crippen LogP contribution in [0.15, 0.2) is 56.7 Å². The summed E-state index contributed by atoms with van der Waals surface area (Å²) in [6, 6.07) is 13.2. The molecule has 0 saturated carbocycles. The summed E-state index contributed by atoms with van der Waals surface area (Å²) >= 11 is 10.9. The van der Waals surface area contributed by atoms with Gasteiger partial charge < -0.3 is 9.73 Å². The fourth-order valence-corrected chi connectivity index (χ4v) is 4.02. The van der Waals surface area contributed by atoms with Gasteiger partial charge in [-0.3, -0.25) is 4.79 Å². The van der Waals surface area contributed by atoms with Gasteiger partial charge >= 0.3 is 0 Å². The molecule has 7 heteroatoms. The van der Waals surface area contributed by atoms with E-state index in [1.54, 1.807) is 0 Å². The molecule has 0 bridgehead atoms. The lowest BCUT2D eigenvalue weighted by molar-refractivity contribution is 0.0924. The van der Waals surface area contributed by atoms with Crippen molar-refractivity contribution in [2.45, 2.75) is 13.5 Å². The Hall–Kier alpha value is -2.15. The van der Waals surface area contributed by atoms with Gasteiger partial charge in [-0.15, -0.1) is 11.3 Å². The fraction of sp³-hybridized carbons (Fsp3) is 0.100. The lowest BCUT2D eigenvalue weighted by Gasteiger charge is -2.01. The molecule has 0 unspecified atom stereocenters. The van der Waals surface area contributed by atoms with Crippen LogP contribution in [-0.2, 0) is 6.54 Å². The second-order valence-electron chi connectivity index (χ2n) is 6.01. The van der Waals surface area contributed by atoms with Gasteiger partial charge in [0.2, 0.25) is 0 Å². The number of benzene rings is 2. The Morgan fingerprint density at radius 2 is 2.04 bits per heavy atom. The van der Waals surface area contributed by atoms with Gasteiger partial charge in [-0.2, -0.15) is 0 Å². The SMILES string of the molecule is Cc1c(C(=O)NCc2nc(-c3ccc(Cl)cc3)cs2)oc2ccc(Br)cc12. The summed E-state index contributed by atoms with van der Waals surface area (Å²) in [5.74, 6) is 0.0839. The number of amides is 1. The summed E-state index contributed by atoms with van der Waals surface area (Å²) < 4.78 is 6.67. The maximum Gasteiger partial charge on any atom is 0.287 e. The van der Waals surface area contributed by atoms with Crippen LogP contribution in [0.1, 0.15) is 21.1 Å². The minimum atomic E-state index is -0.247. The number of nitrogens with one attached hydrogen (secondary N) is 1. The smallest absolute Gasteiger partial charge is 0.287 e. The summed E-state index contributed by atoms with van der Waals surface area (Å²) in [7, 11) is 0. The molecule has 0 radical (unpaired) electrons. The molecule has 1 amide bonds. The summed E-state index contributed by atoms with van der Waals surface area (Å²) in [6.07, 6.45) is 0. The van der Waals surface area contributed by atoms with Crippen LogP contribution in [0.4, 0.5) is 0 Å². The molecule has 4 rings (SSSR count). The molecule has 2 heterocycles. The van der Waals surface area contributed by atoms with Crippen molar-refractivity contribution in [1.29, 1.82) is 0 Å². The van der Waals surface area contributed by atoms with E-state index in [0.717, 1.165) is 31.7 Å². The molecule has 4 nitrogen and oxygen atoms in total. The molecule has 0 atom stereocenters. The Kier molecular flexibility index (Phi) is 5.04. The predicted molar refractivity (Wildman–Crippen MR) is 112 cm³/mol. The zero-order valence-electron chi connectivity index (χ0n) is 14.3. The Morgan fingerprint density at radius 1 is 1.26 bits per heavy atom. The van der Waals surface area contributed by atoms with Gasteiger partial charge in [0.15, 0.2) is 5.76 Å². The average Bonchev–Trinajstić information content (AvgIpc) is 3.26. The van der Waals surface area contributed by atoms with Crippen LogP contribution >= 0.6 is 38.9 Å². The third-order valence-corrected chi connectivity index (χ3v) is 5.79. The van der Waals surface area contributed by atoms with E-state index in [0.29, 0.717) is 22.9 Å². The Morgan fingerprint density at radius 3 is 2.81 bits per heavy atom. The minimum Gasteiger partial charge on any atom is -0.451 e. The third-order valence-electron chi connectivity index (χ3n) is 4.20. The van der Waals surface area contributed by atoms with Crippen molar-refractivity contribution in [1.82, 2.24) is 10.3 Å². The Bertz CT molecular complexity index is 1130. The van der Waals surface area contributed by atoms with E-state index in [9.17, 15) is 4.79 Å². The molecule has 2 aromatic heterocycles. The van der Waals surface area contributed by atoms with E-state index in [1.165, 1.54) is 11.3 Å². The molecule has 4 aromatic rings. The molecule has 0 aliphatic heterocycles. The van der Waals surface area contributed by atoms with E-state index in [4.69, 9.17) is 16.0 Å². The van der Waals surface area contributed by atoms with Gasteiger partial charge in [0, 0.05) is 31.4 Å². The average molecular weight is 462 g/mol. The first-order valence-electron chi connectivity index (χ1n) is 8.18. The van der Waals surface area contributed by atoms with Crippen LogP contribution in [0, 0.1) is 6.92 Å². The molecule has 2 aromatic carbocycles. The first kappa shape index (κ1) is 18.2. The molecule has 0 spiro atoms. The van der Waals surface area contributed by atoms with Crippen LogP contribution in [0.2, 0.25) is 5.02 Å². The quantitative estimate of drug-likeness (QED) is 0.393. The van der Waals surface area contributed by atoms with Crippen molar-refractivity contribution in [2.24, 2.45) is 0 Å². The Balaban J connectivity index is 1.48. The second-order valence-corrected chi connectivity index (χ2v) is 8.31. The summed E-state index contributed by atoms with van der Waals surface area (Å²) in [6.45, 7) is 2.23. The van der Waals surface area contributed by atoms with Crippen LogP contribution < -0.4 is 5.32 Å². The van der Waals surface area contributed by atoms with Crippen molar-refractivity contribution in [2.75, 3.05) is 0 Å². The van der Waals surface area contributed by atoms with Crippen molar-refractivity contribution in [3.63, 3.8) is 0 Å². The largest absolute Gasteiger partial charge is 0.451 e. The van der Waals surface area contributed by atoms with Gasteiger partial charge in [0.25, 0.3) is 5.91 Å². The summed E-state index contributed by atoms with van der Waals surface area (Å²) in [5, 5.41) is 7.29. The minimum absolute atomic E-state index is 0.247.